The Labute approximate surface area is 116 Å². The molecule has 0 atom stereocenters. The maximum Gasteiger partial charge on any atom is 0.207 e. The highest BCUT2D eigenvalue weighted by atomic mass is 35.5. The fourth-order valence-corrected chi connectivity index (χ4v) is 1.92. The molecule has 0 bridgehead atoms. The highest BCUT2D eigenvalue weighted by Crippen LogP contribution is 2.24. The Morgan fingerprint density at radius 3 is 3.11 bits per heavy atom. The molecule has 1 aromatic carbocycles. The number of hydrogen-bond donors (Lipinski definition) is 1. The topological polar surface area (TPSA) is 39.1 Å². The smallest absolute Gasteiger partial charge is 0.207 e. The molecule has 6 heteroatoms. The van der Waals surface area contributed by atoms with Gasteiger partial charge in [-0.2, -0.15) is 0 Å². The second-order valence-electron chi connectivity index (χ2n) is 3.99. The first kappa shape index (κ1) is 13.8. The van der Waals surface area contributed by atoms with Gasteiger partial charge in [-0.25, -0.2) is 9.37 Å². The number of rotatable bonds is 6. The Balaban J connectivity index is 2.16. The molecule has 0 radical (unpaired) electrons. The van der Waals surface area contributed by atoms with Gasteiger partial charge in [-0.1, -0.05) is 11.6 Å². The fraction of sp³-hybridized carbons (Fsp3) is 0.308. The van der Waals surface area contributed by atoms with Gasteiger partial charge in [0.25, 0.3) is 0 Å². The van der Waals surface area contributed by atoms with Gasteiger partial charge in [0.1, 0.15) is 5.82 Å². The predicted molar refractivity (Wildman–Crippen MR) is 73.5 cm³/mol. The zero-order valence-electron chi connectivity index (χ0n) is 10.6. The van der Waals surface area contributed by atoms with Crippen molar-refractivity contribution in [2.24, 2.45) is 0 Å². The van der Waals surface area contributed by atoms with Crippen LogP contribution in [0.4, 0.5) is 10.3 Å². The van der Waals surface area contributed by atoms with E-state index in [2.05, 4.69) is 10.3 Å². The number of benzene rings is 1. The summed E-state index contributed by atoms with van der Waals surface area (Å²) in [5, 5.41) is 3.64. The average molecular weight is 284 g/mol. The van der Waals surface area contributed by atoms with Crippen LogP contribution in [0.15, 0.2) is 30.6 Å². The van der Waals surface area contributed by atoms with E-state index in [9.17, 15) is 4.39 Å². The van der Waals surface area contributed by atoms with E-state index < -0.39 is 0 Å². The molecule has 19 heavy (non-hydrogen) atoms. The van der Waals surface area contributed by atoms with E-state index in [1.54, 1.807) is 24.1 Å². The molecule has 0 amide bonds. The van der Waals surface area contributed by atoms with Crippen molar-refractivity contribution < 1.29 is 9.13 Å². The molecule has 1 aromatic heterocycles. The van der Waals surface area contributed by atoms with Crippen molar-refractivity contribution in [3.8, 4) is 5.69 Å². The third-order valence-electron chi connectivity index (χ3n) is 2.62. The lowest BCUT2D eigenvalue weighted by molar-refractivity contribution is 0.197. The van der Waals surface area contributed by atoms with Crippen LogP contribution >= 0.6 is 11.6 Å². The van der Waals surface area contributed by atoms with Gasteiger partial charge in [-0.05, 0) is 24.6 Å². The minimum absolute atomic E-state index is 0.335. The van der Waals surface area contributed by atoms with Gasteiger partial charge in [0, 0.05) is 32.7 Å². The second-order valence-corrected chi connectivity index (χ2v) is 4.40. The maximum atomic E-state index is 13.3. The third-order valence-corrected chi connectivity index (χ3v) is 2.94. The normalized spacial score (nSPS) is 10.7. The van der Waals surface area contributed by atoms with Gasteiger partial charge in [-0.15, -0.1) is 0 Å². The Hall–Kier alpha value is -1.59. The summed E-state index contributed by atoms with van der Waals surface area (Å²) in [6, 6.07) is 4.24. The summed E-state index contributed by atoms with van der Waals surface area (Å²) in [7, 11) is 1.66. The maximum absolute atomic E-state index is 13.3. The Bertz CT molecular complexity index is 544. The first-order valence-electron chi connectivity index (χ1n) is 5.94. The highest BCUT2D eigenvalue weighted by Gasteiger charge is 2.09. The molecule has 0 aliphatic rings. The van der Waals surface area contributed by atoms with E-state index in [1.807, 2.05) is 0 Å². The van der Waals surface area contributed by atoms with Crippen LogP contribution in [0.3, 0.4) is 0 Å². The number of imidazole rings is 1. The van der Waals surface area contributed by atoms with Crippen molar-refractivity contribution >= 4 is 17.5 Å². The largest absolute Gasteiger partial charge is 0.385 e. The Morgan fingerprint density at radius 1 is 1.47 bits per heavy atom. The molecule has 102 valence electrons. The molecule has 2 aromatic rings. The van der Waals surface area contributed by atoms with Gasteiger partial charge in [0.05, 0.1) is 10.7 Å². The van der Waals surface area contributed by atoms with E-state index >= 15 is 0 Å². The minimum Gasteiger partial charge on any atom is -0.385 e. The summed E-state index contributed by atoms with van der Waals surface area (Å²) in [6.07, 6.45) is 4.24. The molecule has 2 rings (SSSR count). The van der Waals surface area contributed by atoms with Crippen LogP contribution < -0.4 is 5.32 Å². The summed E-state index contributed by atoms with van der Waals surface area (Å²) in [5.41, 5.74) is 0.563. The molecule has 0 unspecified atom stereocenters. The number of halogens is 2. The van der Waals surface area contributed by atoms with E-state index in [-0.39, 0.29) is 5.82 Å². The van der Waals surface area contributed by atoms with Crippen LogP contribution in [0, 0.1) is 5.82 Å². The van der Waals surface area contributed by atoms with Crippen molar-refractivity contribution in [2.75, 3.05) is 25.6 Å². The zero-order valence-corrected chi connectivity index (χ0v) is 11.3. The van der Waals surface area contributed by atoms with Crippen LogP contribution in [0.25, 0.3) is 5.69 Å². The van der Waals surface area contributed by atoms with Gasteiger partial charge >= 0.3 is 0 Å². The van der Waals surface area contributed by atoms with Gasteiger partial charge < -0.3 is 10.1 Å². The lowest BCUT2D eigenvalue weighted by Gasteiger charge is -2.11. The molecule has 1 N–H and O–H groups in total. The Kier molecular flexibility index (Phi) is 4.76. The zero-order chi connectivity index (χ0) is 13.7. The van der Waals surface area contributed by atoms with Crippen LogP contribution in [-0.2, 0) is 4.74 Å². The second kappa shape index (κ2) is 6.54. The molecule has 0 aliphatic heterocycles. The molecular weight excluding hydrogens is 269 g/mol. The van der Waals surface area contributed by atoms with Crippen molar-refractivity contribution in [1.82, 2.24) is 9.55 Å². The number of methoxy groups -OCH3 is 1. The molecule has 0 fully saturated rings. The standard InChI is InChI=1S/C13H15ClFN3O/c1-19-8-2-5-16-13-17-6-7-18(13)12-9-10(15)3-4-11(12)14/h3-4,6-7,9H,2,5,8H2,1H3,(H,16,17). The molecule has 4 nitrogen and oxygen atoms in total. The first-order chi connectivity index (χ1) is 9.22. The van der Waals surface area contributed by atoms with E-state index in [0.29, 0.717) is 23.3 Å². The molecule has 1 heterocycles. The van der Waals surface area contributed by atoms with E-state index in [0.717, 1.165) is 13.0 Å². The van der Waals surface area contributed by atoms with Crippen LogP contribution in [0.5, 0.6) is 0 Å². The summed E-state index contributed by atoms with van der Waals surface area (Å²) < 4.78 is 20.0. The van der Waals surface area contributed by atoms with E-state index in [4.69, 9.17) is 16.3 Å². The van der Waals surface area contributed by atoms with Gasteiger partial charge in [0.2, 0.25) is 5.95 Å². The Morgan fingerprint density at radius 2 is 2.32 bits per heavy atom. The summed E-state index contributed by atoms with van der Waals surface area (Å²) in [6.45, 7) is 1.40. The number of hydrogen-bond acceptors (Lipinski definition) is 3. The van der Waals surface area contributed by atoms with Crippen LogP contribution in [-0.4, -0.2) is 29.8 Å². The van der Waals surface area contributed by atoms with Crippen LogP contribution in [0.2, 0.25) is 5.02 Å². The SMILES string of the molecule is COCCCNc1nccn1-c1cc(F)ccc1Cl. The number of aromatic nitrogens is 2. The lowest BCUT2D eigenvalue weighted by Crippen LogP contribution is -2.09. The fourth-order valence-electron chi connectivity index (χ4n) is 1.72. The molecule has 0 saturated carbocycles. The quantitative estimate of drug-likeness (QED) is 0.828. The summed E-state index contributed by atoms with van der Waals surface area (Å²) in [4.78, 5) is 4.19. The van der Waals surface area contributed by atoms with Crippen molar-refractivity contribution in [2.45, 2.75) is 6.42 Å². The van der Waals surface area contributed by atoms with Gasteiger partial charge in [0.15, 0.2) is 0 Å². The number of nitrogens with one attached hydrogen (secondary N) is 1. The first-order valence-corrected chi connectivity index (χ1v) is 6.31. The molecular formula is C13H15ClFN3O. The minimum atomic E-state index is -0.335. The van der Waals surface area contributed by atoms with Crippen LogP contribution in [0.1, 0.15) is 6.42 Å². The summed E-state index contributed by atoms with van der Waals surface area (Å²) in [5.74, 6) is 0.294. The number of nitrogens with zero attached hydrogens (tertiary/aromatic N) is 2. The summed E-state index contributed by atoms with van der Waals surface area (Å²) >= 11 is 6.08. The van der Waals surface area contributed by atoms with E-state index in [1.165, 1.54) is 18.2 Å². The monoisotopic (exact) mass is 283 g/mol. The van der Waals surface area contributed by atoms with Crippen molar-refractivity contribution in [3.63, 3.8) is 0 Å². The van der Waals surface area contributed by atoms with Crippen molar-refractivity contribution in [3.05, 3.63) is 41.4 Å². The average Bonchev–Trinajstić information content (AvgIpc) is 2.86. The number of ether oxygens (including phenoxy) is 1. The molecule has 0 saturated heterocycles. The highest BCUT2D eigenvalue weighted by molar-refractivity contribution is 6.32. The molecule has 0 aliphatic carbocycles. The third kappa shape index (κ3) is 3.45. The number of anilines is 1. The van der Waals surface area contributed by atoms with Gasteiger partial charge in [-0.3, -0.25) is 4.57 Å². The molecule has 0 spiro atoms. The predicted octanol–water partition coefficient (Wildman–Crippen LogP) is 3.11. The van der Waals surface area contributed by atoms with Crippen molar-refractivity contribution in [1.29, 1.82) is 0 Å². The lowest BCUT2D eigenvalue weighted by atomic mass is 10.3.